The fourth-order valence-corrected chi connectivity index (χ4v) is 3.21. The van der Waals surface area contributed by atoms with Gasteiger partial charge in [-0.2, -0.15) is 0 Å². The zero-order chi connectivity index (χ0) is 16.2. The standard InChI is InChI=1S/C19H28N2O2/c1-15-17-6-4-5-7-18(17)23-19(15)14-21-10-8-16(9-11-21)22-13-12-20(2)3/h4-7,16H,8-14H2,1-3H3. The Balaban J connectivity index is 1.51. The lowest BCUT2D eigenvalue weighted by Gasteiger charge is -2.31. The van der Waals surface area contributed by atoms with Crippen molar-refractivity contribution in [1.29, 1.82) is 0 Å². The van der Waals surface area contributed by atoms with Crippen LogP contribution in [0.2, 0.25) is 0 Å². The van der Waals surface area contributed by atoms with E-state index in [1.165, 1.54) is 10.9 Å². The monoisotopic (exact) mass is 316 g/mol. The van der Waals surface area contributed by atoms with Crippen molar-refractivity contribution in [3.8, 4) is 0 Å². The van der Waals surface area contributed by atoms with Crippen LogP contribution in [0.4, 0.5) is 0 Å². The van der Waals surface area contributed by atoms with Gasteiger partial charge in [0.15, 0.2) is 0 Å². The maximum atomic E-state index is 6.04. The second kappa shape index (κ2) is 7.47. The third-order valence-electron chi connectivity index (χ3n) is 4.74. The minimum Gasteiger partial charge on any atom is -0.459 e. The number of ether oxygens (including phenoxy) is 1. The number of likely N-dealkylation sites (tertiary alicyclic amines) is 1. The van der Waals surface area contributed by atoms with Gasteiger partial charge < -0.3 is 14.1 Å². The van der Waals surface area contributed by atoms with Gasteiger partial charge in [-0.25, -0.2) is 0 Å². The molecule has 0 aliphatic carbocycles. The minimum atomic E-state index is 0.419. The maximum absolute atomic E-state index is 6.04. The second-order valence-corrected chi connectivity index (χ2v) is 6.80. The molecule has 0 spiro atoms. The maximum Gasteiger partial charge on any atom is 0.134 e. The number of fused-ring (bicyclic) bond motifs is 1. The van der Waals surface area contributed by atoms with E-state index in [4.69, 9.17) is 9.15 Å². The van der Waals surface area contributed by atoms with Crippen molar-refractivity contribution in [3.05, 3.63) is 35.6 Å². The number of para-hydroxylation sites is 1. The average Bonchev–Trinajstić information content (AvgIpc) is 2.85. The number of likely N-dealkylation sites (N-methyl/N-ethyl adjacent to an activating group) is 1. The molecule has 1 aromatic carbocycles. The molecule has 1 aliphatic heterocycles. The predicted molar refractivity (Wildman–Crippen MR) is 93.8 cm³/mol. The summed E-state index contributed by atoms with van der Waals surface area (Å²) in [4.78, 5) is 4.65. The summed E-state index contributed by atoms with van der Waals surface area (Å²) in [6.07, 6.45) is 2.65. The van der Waals surface area contributed by atoms with Crippen LogP contribution in [0.25, 0.3) is 11.0 Å². The third kappa shape index (κ3) is 4.14. The van der Waals surface area contributed by atoms with Crippen LogP contribution in [-0.4, -0.2) is 56.2 Å². The summed E-state index contributed by atoms with van der Waals surface area (Å²) in [7, 11) is 4.17. The smallest absolute Gasteiger partial charge is 0.134 e. The van der Waals surface area contributed by atoms with Crippen LogP contribution in [0.5, 0.6) is 0 Å². The van der Waals surface area contributed by atoms with Gasteiger partial charge in [-0.15, -0.1) is 0 Å². The first-order valence-electron chi connectivity index (χ1n) is 8.59. The van der Waals surface area contributed by atoms with E-state index in [0.717, 1.165) is 57.0 Å². The molecule has 1 saturated heterocycles. The Hall–Kier alpha value is -1.36. The van der Waals surface area contributed by atoms with Crippen molar-refractivity contribution in [3.63, 3.8) is 0 Å². The van der Waals surface area contributed by atoms with Crippen LogP contribution in [0, 0.1) is 6.92 Å². The number of nitrogens with zero attached hydrogens (tertiary/aromatic N) is 2. The highest BCUT2D eigenvalue weighted by molar-refractivity contribution is 5.81. The number of benzene rings is 1. The number of aryl methyl sites for hydroxylation is 1. The van der Waals surface area contributed by atoms with Crippen LogP contribution >= 0.6 is 0 Å². The van der Waals surface area contributed by atoms with Gasteiger partial charge in [0.1, 0.15) is 11.3 Å². The Morgan fingerprint density at radius 2 is 1.96 bits per heavy atom. The van der Waals surface area contributed by atoms with Crippen LogP contribution in [-0.2, 0) is 11.3 Å². The van der Waals surface area contributed by atoms with Gasteiger partial charge >= 0.3 is 0 Å². The van der Waals surface area contributed by atoms with E-state index in [2.05, 4.69) is 49.0 Å². The highest BCUT2D eigenvalue weighted by Gasteiger charge is 2.21. The average molecular weight is 316 g/mol. The molecule has 1 aromatic heterocycles. The summed E-state index contributed by atoms with van der Waals surface area (Å²) in [6, 6.07) is 8.30. The summed E-state index contributed by atoms with van der Waals surface area (Å²) in [5.74, 6) is 1.11. The van der Waals surface area contributed by atoms with Crippen molar-refractivity contribution < 1.29 is 9.15 Å². The molecule has 0 amide bonds. The van der Waals surface area contributed by atoms with Gasteiger partial charge in [0.05, 0.1) is 19.3 Å². The summed E-state index contributed by atoms with van der Waals surface area (Å²) >= 11 is 0. The van der Waals surface area contributed by atoms with Gasteiger partial charge in [0.25, 0.3) is 0 Å². The molecule has 1 fully saturated rings. The van der Waals surface area contributed by atoms with Crippen molar-refractivity contribution in [2.45, 2.75) is 32.4 Å². The minimum absolute atomic E-state index is 0.419. The number of rotatable bonds is 6. The van der Waals surface area contributed by atoms with Gasteiger partial charge in [-0.05, 0) is 45.5 Å². The molecule has 0 unspecified atom stereocenters. The van der Waals surface area contributed by atoms with E-state index in [-0.39, 0.29) is 0 Å². The molecule has 1 aliphatic rings. The molecule has 126 valence electrons. The molecule has 0 radical (unpaired) electrons. The molecule has 4 nitrogen and oxygen atoms in total. The zero-order valence-corrected chi connectivity index (χ0v) is 14.5. The second-order valence-electron chi connectivity index (χ2n) is 6.80. The summed E-state index contributed by atoms with van der Waals surface area (Å²) in [5.41, 5.74) is 2.28. The topological polar surface area (TPSA) is 28.9 Å². The highest BCUT2D eigenvalue weighted by atomic mass is 16.5. The third-order valence-corrected chi connectivity index (χ3v) is 4.74. The fourth-order valence-electron chi connectivity index (χ4n) is 3.21. The zero-order valence-electron chi connectivity index (χ0n) is 14.5. The molecule has 23 heavy (non-hydrogen) atoms. The van der Waals surface area contributed by atoms with Gasteiger partial charge in [0.2, 0.25) is 0 Å². The molecule has 3 rings (SSSR count). The number of hydrogen-bond donors (Lipinski definition) is 0. The normalized spacial score (nSPS) is 17.4. The molecule has 2 heterocycles. The van der Waals surface area contributed by atoms with Crippen LogP contribution < -0.4 is 0 Å². The molecule has 4 heteroatoms. The van der Waals surface area contributed by atoms with E-state index >= 15 is 0 Å². The van der Waals surface area contributed by atoms with Gasteiger partial charge in [-0.3, -0.25) is 4.90 Å². The first kappa shape index (κ1) is 16.5. The molecular formula is C19H28N2O2. The molecule has 2 aromatic rings. The highest BCUT2D eigenvalue weighted by Crippen LogP contribution is 2.27. The fraction of sp³-hybridized carbons (Fsp3) is 0.579. The lowest BCUT2D eigenvalue weighted by Crippen LogP contribution is -2.37. The molecule has 0 bridgehead atoms. The Morgan fingerprint density at radius 1 is 1.22 bits per heavy atom. The van der Waals surface area contributed by atoms with E-state index in [9.17, 15) is 0 Å². The number of hydrogen-bond acceptors (Lipinski definition) is 4. The largest absolute Gasteiger partial charge is 0.459 e. The van der Waals surface area contributed by atoms with E-state index in [1.54, 1.807) is 0 Å². The van der Waals surface area contributed by atoms with Gasteiger partial charge in [0, 0.05) is 25.0 Å². The van der Waals surface area contributed by atoms with E-state index in [0.29, 0.717) is 6.10 Å². The molecule has 0 N–H and O–H groups in total. The SMILES string of the molecule is Cc1c(CN2CCC(OCCN(C)C)CC2)oc2ccccc12. The van der Waals surface area contributed by atoms with Gasteiger partial charge in [-0.1, -0.05) is 18.2 Å². The predicted octanol–water partition coefficient (Wildman–Crippen LogP) is 3.28. The quantitative estimate of drug-likeness (QED) is 0.818. The van der Waals surface area contributed by atoms with Crippen molar-refractivity contribution in [2.24, 2.45) is 0 Å². The van der Waals surface area contributed by atoms with Crippen LogP contribution in [0.15, 0.2) is 28.7 Å². The first-order valence-corrected chi connectivity index (χ1v) is 8.59. The Bertz CT molecular complexity index is 627. The Kier molecular flexibility index (Phi) is 5.36. The lowest BCUT2D eigenvalue weighted by molar-refractivity contribution is -0.000259. The number of furan rings is 1. The molecule has 0 saturated carbocycles. The number of piperidine rings is 1. The Labute approximate surface area is 139 Å². The van der Waals surface area contributed by atoms with Crippen molar-refractivity contribution >= 4 is 11.0 Å². The van der Waals surface area contributed by atoms with E-state index < -0.39 is 0 Å². The Morgan fingerprint density at radius 3 is 2.65 bits per heavy atom. The van der Waals surface area contributed by atoms with Crippen LogP contribution in [0.3, 0.4) is 0 Å². The van der Waals surface area contributed by atoms with Crippen molar-refractivity contribution in [2.75, 3.05) is 40.3 Å². The summed E-state index contributed by atoms with van der Waals surface area (Å²) in [5, 5.41) is 1.24. The molecule has 0 atom stereocenters. The summed E-state index contributed by atoms with van der Waals surface area (Å²) < 4.78 is 12.0. The lowest BCUT2D eigenvalue weighted by atomic mass is 10.1. The molecular weight excluding hydrogens is 288 g/mol. The van der Waals surface area contributed by atoms with Crippen LogP contribution in [0.1, 0.15) is 24.2 Å². The van der Waals surface area contributed by atoms with Crippen molar-refractivity contribution in [1.82, 2.24) is 9.80 Å². The van der Waals surface area contributed by atoms with E-state index in [1.807, 2.05) is 6.07 Å². The summed E-state index contributed by atoms with van der Waals surface area (Å²) in [6.45, 7) is 7.08. The first-order chi connectivity index (χ1) is 11.1.